The van der Waals surface area contributed by atoms with Crippen molar-refractivity contribution < 1.29 is 23.7 Å². The maximum Gasteiger partial charge on any atom is 0.206 e. The van der Waals surface area contributed by atoms with E-state index in [9.17, 15) is 4.79 Å². The van der Waals surface area contributed by atoms with E-state index < -0.39 is 30.4 Å². The molecule has 0 N–H and O–H groups in total. The first kappa shape index (κ1) is 17.5. The Labute approximate surface area is 145 Å². The first-order chi connectivity index (χ1) is 11.3. The van der Waals surface area contributed by atoms with Gasteiger partial charge < -0.3 is 23.8 Å². The highest BCUT2D eigenvalue weighted by Gasteiger charge is 2.57. The second-order valence-corrected chi connectivity index (χ2v) is 7.49. The molecule has 8 heteroatoms. The molecule has 132 valence electrons. The van der Waals surface area contributed by atoms with E-state index in [1.165, 1.54) is 11.3 Å². The van der Waals surface area contributed by atoms with Crippen molar-refractivity contribution in [2.45, 2.75) is 44.2 Å². The van der Waals surface area contributed by atoms with Gasteiger partial charge in [0.05, 0.1) is 4.88 Å². The van der Waals surface area contributed by atoms with Gasteiger partial charge in [-0.3, -0.25) is 4.79 Å². The van der Waals surface area contributed by atoms with Gasteiger partial charge in [0.15, 0.2) is 18.2 Å². The summed E-state index contributed by atoms with van der Waals surface area (Å²) in [5.74, 6) is -0.905. The third-order valence-corrected chi connectivity index (χ3v) is 4.78. The van der Waals surface area contributed by atoms with Gasteiger partial charge in [0.1, 0.15) is 17.2 Å². The van der Waals surface area contributed by atoms with Crippen LogP contribution in [-0.2, 0) is 18.9 Å². The lowest BCUT2D eigenvalue weighted by Gasteiger charge is -2.23. The molecule has 4 atom stereocenters. The first-order valence-corrected chi connectivity index (χ1v) is 8.51. The van der Waals surface area contributed by atoms with Crippen LogP contribution >= 0.6 is 11.3 Å². The van der Waals surface area contributed by atoms with Crippen molar-refractivity contribution in [1.29, 1.82) is 0 Å². The molecular formula is C16H22N2O5S. The fraction of sp³-hybridized carbons (Fsp3) is 0.625. The molecule has 2 fully saturated rings. The average molecular weight is 354 g/mol. The van der Waals surface area contributed by atoms with Crippen LogP contribution in [0.25, 0.3) is 6.08 Å². The van der Waals surface area contributed by atoms with Crippen molar-refractivity contribution in [2.75, 3.05) is 21.2 Å². The lowest BCUT2D eigenvalue weighted by atomic mass is 10.1. The summed E-state index contributed by atoms with van der Waals surface area (Å²) in [6.45, 7) is 3.62. The van der Waals surface area contributed by atoms with E-state index in [1.54, 1.807) is 13.3 Å². The van der Waals surface area contributed by atoms with Crippen molar-refractivity contribution in [2.24, 2.45) is 0 Å². The molecule has 0 unspecified atom stereocenters. The highest BCUT2D eigenvalue weighted by Crippen LogP contribution is 2.39. The number of ketones is 1. The number of methoxy groups -OCH3 is 1. The minimum absolute atomic E-state index is 0.164. The van der Waals surface area contributed by atoms with Gasteiger partial charge in [-0.25, -0.2) is 4.98 Å². The van der Waals surface area contributed by atoms with Crippen LogP contribution in [0.5, 0.6) is 0 Å². The molecule has 1 aromatic heterocycles. The molecule has 0 aliphatic carbocycles. The zero-order chi connectivity index (χ0) is 17.5. The Kier molecular flexibility index (Phi) is 4.76. The summed E-state index contributed by atoms with van der Waals surface area (Å²) in [7, 11) is 5.39. The normalized spacial score (nSPS) is 31.5. The number of nitrogens with zero attached hydrogens (tertiary/aromatic N) is 2. The number of hydrogen-bond donors (Lipinski definition) is 0. The molecule has 0 bridgehead atoms. The Morgan fingerprint density at radius 1 is 1.42 bits per heavy atom. The zero-order valence-corrected chi connectivity index (χ0v) is 15.2. The molecule has 0 aromatic carbocycles. The second kappa shape index (κ2) is 6.53. The van der Waals surface area contributed by atoms with Gasteiger partial charge in [-0.05, 0) is 19.9 Å². The highest BCUT2D eigenvalue weighted by molar-refractivity contribution is 7.14. The van der Waals surface area contributed by atoms with Crippen LogP contribution < -0.4 is 0 Å². The Morgan fingerprint density at radius 3 is 2.83 bits per heavy atom. The SMILES string of the molecule is CO[C@@H]1[C@H]2OC(C)(C)O[C@H]2O[C@@H]1C(=O)c1cnc(/C=C\N(C)C)s1. The number of Topliss-reactive ketones (excluding diaryl/α,β-unsaturated/α-hetero) is 1. The van der Waals surface area contributed by atoms with E-state index in [4.69, 9.17) is 18.9 Å². The molecule has 2 saturated heterocycles. The summed E-state index contributed by atoms with van der Waals surface area (Å²) < 4.78 is 22.7. The molecule has 24 heavy (non-hydrogen) atoms. The maximum atomic E-state index is 12.8. The summed E-state index contributed by atoms with van der Waals surface area (Å²) in [6.07, 6.45) is 3.02. The van der Waals surface area contributed by atoms with E-state index in [0.717, 1.165) is 5.01 Å². The average Bonchev–Trinajstić information content (AvgIpc) is 3.16. The Morgan fingerprint density at radius 2 is 2.17 bits per heavy atom. The molecular weight excluding hydrogens is 332 g/mol. The molecule has 2 aliphatic heterocycles. The van der Waals surface area contributed by atoms with E-state index in [1.807, 2.05) is 45.1 Å². The number of carbonyl (C=O) groups is 1. The van der Waals surface area contributed by atoms with Crippen LogP contribution in [0.2, 0.25) is 0 Å². The van der Waals surface area contributed by atoms with E-state index in [2.05, 4.69) is 4.98 Å². The number of carbonyl (C=O) groups excluding carboxylic acids is 1. The van der Waals surface area contributed by atoms with Crippen LogP contribution in [-0.4, -0.2) is 67.3 Å². The van der Waals surface area contributed by atoms with Crippen molar-refractivity contribution in [3.05, 3.63) is 22.3 Å². The minimum Gasteiger partial charge on any atom is -0.383 e. The van der Waals surface area contributed by atoms with Gasteiger partial charge in [-0.2, -0.15) is 0 Å². The molecule has 0 saturated carbocycles. The monoisotopic (exact) mass is 354 g/mol. The molecule has 3 heterocycles. The first-order valence-electron chi connectivity index (χ1n) is 7.69. The molecule has 0 spiro atoms. The predicted octanol–water partition coefficient (Wildman–Crippen LogP) is 1.75. The summed E-state index contributed by atoms with van der Waals surface area (Å²) in [5.41, 5.74) is 0. The second-order valence-electron chi connectivity index (χ2n) is 6.43. The van der Waals surface area contributed by atoms with Gasteiger partial charge in [0.25, 0.3) is 0 Å². The van der Waals surface area contributed by atoms with Gasteiger partial charge in [0.2, 0.25) is 5.78 Å². The van der Waals surface area contributed by atoms with Gasteiger partial charge >= 0.3 is 0 Å². The summed E-state index contributed by atoms with van der Waals surface area (Å²) in [4.78, 5) is 19.5. The molecule has 0 radical (unpaired) electrons. The van der Waals surface area contributed by atoms with Crippen molar-refractivity contribution in [3.63, 3.8) is 0 Å². The number of aromatic nitrogens is 1. The number of ether oxygens (including phenoxy) is 4. The van der Waals surface area contributed by atoms with Crippen LogP contribution in [0, 0.1) is 0 Å². The summed E-state index contributed by atoms with van der Waals surface area (Å²) >= 11 is 1.32. The van der Waals surface area contributed by atoms with Gasteiger partial charge in [-0.15, -0.1) is 11.3 Å². The standard InChI is InChI=1S/C16H22N2O5S/c1-16(2)22-14-13(20-5)12(21-15(14)23-16)11(19)9-8-17-10(24-9)6-7-18(3)4/h6-8,12-15H,1-5H3/b7-6-/t12-,13+,14-,15-/m1/s1. The predicted molar refractivity (Wildman–Crippen MR) is 88.7 cm³/mol. The van der Waals surface area contributed by atoms with Crippen molar-refractivity contribution in [1.82, 2.24) is 9.88 Å². The topological polar surface area (TPSA) is 70.1 Å². The number of hydrogen-bond acceptors (Lipinski definition) is 8. The largest absolute Gasteiger partial charge is 0.383 e. The van der Waals surface area contributed by atoms with Crippen LogP contribution in [0.3, 0.4) is 0 Å². The van der Waals surface area contributed by atoms with Crippen LogP contribution in [0.1, 0.15) is 28.5 Å². The number of thiazole rings is 1. The third kappa shape index (κ3) is 3.38. The fourth-order valence-corrected chi connectivity index (χ4v) is 3.56. The van der Waals surface area contributed by atoms with Crippen LogP contribution in [0.15, 0.2) is 12.4 Å². The third-order valence-electron chi connectivity index (χ3n) is 3.80. The molecule has 1 aromatic rings. The lowest BCUT2D eigenvalue weighted by molar-refractivity contribution is -0.210. The maximum absolute atomic E-state index is 12.8. The van der Waals surface area contributed by atoms with Crippen LogP contribution in [0.4, 0.5) is 0 Å². The quantitative estimate of drug-likeness (QED) is 0.746. The summed E-state index contributed by atoms with van der Waals surface area (Å²) in [6, 6.07) is 0. The van der Waals surface area contributed by atoms with E-state index in [-0.39, 0.29) is 5.78 Å². The fourth-order valence-electron chi connectivity index (χ4n) is 2.78. The van der Waals surface area contributed by atoms with Crippen molar-refractivity contribution in [3.8, 4) is 0 Å². The molecule has 7 nitrogen and oxygen atoms in total. The zero-order valence-electron chi connectivity index (χ0n) is 14.4. The summed E-state index contributed by atoms with van der Waals surface area (Å²) in [5, 5.41) is 0.757. The smallest absolute Gasteiger partial charge is 0.206 e. The molecule has 3 rings (SSSR count). The molecule has 0 amide bonds. The Balaban J connectivity index is 1.74. The van der Waals surface area contributed by atoms with E-state index in [0.29, 0.717) is 4.88 Å². The van der Waals surface area contributed by atoms with E-state index >= 15 is 0 Å². The number of fused-ring (bicyclic) bond motifs is 1. The Hall–Kier alpha value is -1.32. The van der Waals surface area contributed by atoms with Gasteiger partial charge in [0, 0.05) is 33.6 Å². The number of rotatable bonds is 5. The molecule has 2 aliphatic rings. The Bertz CT molecular complexity index is 642. The van der Waals surface area contributed by atoms with Crippen molar-refractivity contribution >= 4 is 23.2 Å². The lowest BCUT2D eigenvalue weighted by Crippen LogP contribution is -2.39. The minimum atomic E-state index is -0.757. The van der Waals surface area contributed by atoms with Gasteiger partial charge in [-0.1, -0.05) is 0 Å². The highest BCUT2D eigenvalue weighted by atomic mass is 32.1.